The van der Waals surface area contributed by atoms with E-state index in [0.29, 0.717) is 24.2 Å². The molecule has 1 atom stereocenters. The molecule has 1 aromatic heterocycles. The van der Waals surface area contributed by atoms with E-state index < -0.39 is 0 Å². The average molecular weight is 333 g/mol. The van der Waals surface area contributed by atoms with Crippen molar-refractivity contribution < 1.29 is 13.9 Å². The Morgan fingerprint density at radius 2 is 2.30 bits per heavy atom. The molecule has 1 fully saturated rings. The fourth-order valence-corrected chi connectivity index (χ4v) is 3.55. The average Bonchev–Trinajstić information content (AvgIpc) is 3.19. The monoisotopic (exact) mass is 333 g/mol. The summed E-state index contributed by atoms with van der Waals surface area (Å²) in [6.07, 6.45) is 2.12. The Labute approximate surface area is 139 Å². The number of aryl methyl sites for hydroxylation is 1. The van der Waals surface area contributed by atoms with Crippen molar-refractivity contribution in [1.82, 2.24) is 4.90 Å². The summed E-state index contributed by atoms with van der Waals surface area (Å²) >= 11 is 1.62. The van der Waals surface area contributed by atoms with Crippen LogP contribution in [-0.4, -0.2) is 30.1 Å². The molecule has 0 radical (unpaired) electrons. The molecule has 1 amide bonds. The normalized spacial score (nSPS) is 17.4. The van der Waals surface area contributed by atoms with E-state index in [-0.39, 0.29) is 17.8 Å². The molecule has 0 spiro atoms. The molecule has 0 aliphatic carbocycles. The number of carbonyl (C=O) groups is 1. The minimum absolute atomic E-state index is 0.0656. The van der Waals surface area contributed by atoms with E-state index in [0.717, 1.165) is 25.0 Å². The molecule has 23 heavy (non-hydrogen) atoms. The third kappa shape index (κ3) is 3.98. The molecule has 3 rings (SSSR count). The van der Waals surface area contributed by atoms with Crippen LogP contribution in [0.2, 0.25) is 0 Å². The standard InChI is InChI=1S/C18H20FNO2S/c1-13-9-15(19)4-5-17(13)18(21)20(10-14-6-8-23-12-14)11-16-3-2-7-22-16/h4-6,8-9,12,16H,2-3,7,10-11H2,1H3/t16-/m1/s1. The highest BCUT2D eigenvalue weighted by Gasteiger charge is 2.24. The number of thiophene rings is 1. The summed E-state index contributed by atoms with van der Waals surface area (Å²) in [5.41, 5.74) is 2.33. The van der Waals surface area contributed by atoms with Gasteiger partial charge in [-0.25, -0.2) is 4.39 Å². The molecule has 2 aromatic rings. The van der Waals surface area contributed by atoms with Crippen LogP contribution in [0.4, 0.5) is 4.39 Å². The molecule has 0 saturated carbocycles. The number of rotatable bonds is 5. The lowest BCUT2D eigenvalue weighted by Gasteiger charge is -2.26. The maximum Gasteiger partial charge on any atom is 0.254 e. The van der Waals surface area contributed by atoms with Crippen molar-refractivity contribution in [2.45, 2.75) is 32.4 Å². The Kier molecular flexibility index (Phi) is 5.08. The van der Waals surface area contributed by atoms with Gasteiger partial charge in [0.15, 0.2) is 0 Å². The predicted octanol–water partition coefficient (Wildman–Crippen LogP) is 4.02. The molecule has 2 heterocycles. The first kappa shape index (κ1) is 16.1. The van der Waals surface area contributed by atoms with Gasteiger partial charge in [0.25, 0.3) is 5.91 Å². The quantitative estimate of drug-likeness (QED) is 0.827. The zero-order valence-corrected chi connectivity index (χ0v) is 13.9. The Morgan fingerprint density at radius 3 is 2.96 bits per heavy atom. The van der Waals surface area contributed by atoms with E-state index in [1.165, 1.54) is 12.1 Å². The summed E-state index contributed by atoms with van der Waals surface area (Å²) in [6.45, 7) is 3.66. The van der Waals surface area contributed by atoms with Gasteiger partial charge in [0, 0.05) is 25.3 Å². The maximum atomic E-state index is 13.3. The molecule has 0 N–H and O–H groups in total. The van der Waals surface area contributed by atoms with Gasteiger partial charge in [-0.15, -0.1) is 0 Å². The lowest BCUT2D eigenvalue weighted by molar-refractivity contribution is 0.0507. The van der Waals surface area contributed by atoms with Gasteiger partial charge < -0.3 is 9.64 Å². The number of halogens is 1. The predicted molar refractivity (Wildman–Crippen MR) is 89.2 cm³/mol. The summed E-state index contributed by atoms with van der Waals surface area (Å²) in [6, 6.07) is 6.35. The summed E-state index contributed by atoms with van der Waals surface area (Å²) in [5.74, 6) is -0.383. The molecule has 1 aliphatic rings. The van der Waals surface area contributed by atoms with Crippen LogP contribution in [0.1, 0.15) is 34.3 Å². The van der Waals surface area contributed by atoms with Crippen LogP contribution in [0.15, 0.2) is 35.0 Å². The van der Waals surface area contributed by atoms with Gasteiger partial charge >= 0.3 is 0 Å². The fourth-order valence-electron chi connectivity index (χ4n) is 2.89. The number of nitrogens with zero attached hydrogens (tertiary/aromatic N) is 1. The van der Waals surface area contributed by atoms with Crippen molar-refractivity contribution in [1.29, 1.82) is 0 Å². The molecule has 0 unspecified atom stereocenters. The van der Waals surface area contributed by atoms with Crippen molar-refractivity contribution in [2.24, 2.45) is 0 Å². The molecular formula is C18H20FNO2S. The first-order chi connectivity index (χ1) is 11.1. The van der Waals surface area contributed by atoms with Gasteiger partial charge in [-0.1, -0.05) is 0 Å². The van der Waals surface area contributed by atoms with Crippen LogP contribution < -0.4 is 0 Å². The number of hydrogen-bond donors (Lipinski definition) is 0. The van der Waals surface area contributed by atoms with Crippen LogP contribution in [0.5, 0.6) is 0 Å². The van der Waals surface area contributed by atoms with Crippen LogP contribution in [0.25, 0.3) is 0 Å². The minimum Gasteiger partial charge on any atom is -0.376 e. The number of carbonyl (C=O) groups excluding carboxylic acids is 1. The van der Waals surface area contributed by atoms with Gasteiger partial charge in [0.05, 0.1) is 6.10 Å². The number of hydrogen-bond acceptors (Lipinski definition) is 3. The Bertz CT molecular complexity index is 666. The second kappa shape index (κ2) is 7.23. The third-order valence-corrected chi connectivity index (χ3v) is 4.84. The maximum absolute atomic E-state index is 13.3. The highest BCUT2D eigenvalue weighted by Crippen LogP contribution is 2.20. The first-order valence-corrected chi connectivity index (χ1v) is 8.76. The van der Waals surface area contributed by atoms with Crippen LogP contribution >= 0.6 is 11.3 Å². The summed E-state index contributed by atoms with van der Waals surface area (Å²) in [4.78, 5) is 14.8. The van der Waals surface area contributed by atoms with E-state index in [9.17, 15) is 9.18 Å². The molecule has 1 aromatic carbocycles. The van der Waals surface area contributed by atoms with Gasteiger partial charge in [-0.05, 0) is 65.9 Å². The smallest absolute Gasteiger partial charge is 0.254 e. The highest BCUT2D eigenvalue weighted by molar-refractivity contribution is 7.07. The Hall–Kier alpha value is -1.72. The Morgan fingerprint density at radius 1 is 1.43 bits per heavy atom. The van der Waals surface area contributed by atoms with Gasteiger partial charge in [0.1, 0.15) is 5.82 Å². The molecule has 0 bridgehead atoms. The van der Waals surface area contributed by atoms with Crippen LogP contribution in [-0.2, 0) is 11.3 Å². The SMILES string of the molecule is Cc1cc(F)ccc1C(=O)N(Cc1ccsc1)C[C@H]1CCCO1. The van der Waals surface area contributed by atoms with Crippen molar-refractivity contribution >= 4 is 17.2 Å². The zero-order valence-electron chi connectivity index (χ0n) is 13.1. The number of benzene rings is 1. The third-order valence-electron chi connectivity index (χ3n) is 4.11. The van der Waals surface area contributed by atoms with E-state index in [4.69, 9.17) is 4.74 Å². The Balaban J connectivity index is 1.81. The van der Waals surface area contributed by atoms with Crippen molar-refractivity contribution in [3.63, 3.8) is 0 Å². The zero-order chi connectivity index (χ0) is 16.2. The van der Waals surface area contributed by atoms with Crippen molar-refractivity contribution in [3.8, 4) is 0 Å². The molecule has 1 aliphatic heterocycles. The molecule has 122 valence electrons. The van der Waals surface area contributed by atoms with Crippen molar-refractivity contribution in [2.75, 3.05) is 13.2 Å². The van der Waals surface area contributed by atoms with E-state index in [1.807, 2.05) is 21.7 Å². The molecule has 5 heteroatoms. The van der Waals surface area contributed by atoms with E-state index in [2.05, 4.69) is 0 Å². The summed E-state index contributed by atoms with van der Waals surface area (Å²) in [5, 5.41) is 4.06. The molecular weight excluding hydrogens is 313 g/mol. The summed E-state index contributed by atoms with van der Waals surface area (Å²) in [7, 11) is 0. The van der Waals surface area contributed by atoms with Gasteiger partial charge in [-0.2, -0.15) is 11.3 Å². The topological polar surface area (TPSA) is 29.5 Å². The second-order valence-corrected chi connectivity index (χ2v) is 6.69. The fraction of sp³-hybridized carbons (Fsp3) is 0.389. The second-order valence-electron chi connectivity index (χ2n) is 5.91. The lowest BCUT2D eigenvalue weighted by Crippen LogP contribution is -2.37. The van der Waals surface area contributed by atoms with Crippen LogP contribution in [0, 0.1) is 12.7 Å². The van der Waals surface area contributed by atoms with Crippen LogP contribution in [0.3, 0.4) is 0 Å². The molecule has 3 nitrogen and oxygen atoms in total. The summed E-state index contributed by atoms with van der Waals surface area (Å²) < 4.78 is 19.0. The minimum atomic E-state index is -0.317. The lowest BCUT2D eigenvalue weighted by atomic mass is 10.1. The first-order valence-electron chi connectivity index (χ1n) is 7.81. The highest BCUT2D eigenvalue weighted by atomic mass is 32.1. The largest absolute Gasteiger partial charge is 0.376 e. The van der Waals surface area contributed by atoms with E-state index in [1.54, 1.807) is 24.3 Å². The molecule has 1 saturated heterocycles. The number of amides is 1. The van der Waals surface area contributed by atoms with Gasteiger partial charge in [0.2, 0.25) is 0 Å². The number of ether oxygens (including phenoxy) is 1. The van der Waals surface area contributed by atoms with Crippen molar-refractivity contribution in [3.05, 3.63) is 57.5 Å². The van der Waals surface area contributed by atoms with E-state index >= 15 is 0 Å². The van der Waals surface area contributed by atoms with Gasteiger partial charge in [-0.3, -0.25) is 4.79 Å².